The summed E-state index contributed by atoms with van der Waals surface area (Å²) in [4.78, 5) is 23.8. The van der Waals surface area contributed by atoms with Crippen LogP contribution in [-0.4, -0.2) is 55.5 Å². The summed E-state index contributed by atoms with van der Waals surface area (Å²) < 4.78 is 10.3. The zero-order valence-electron chi connectivity index (χ0n) is 32.5. The van der Waals surface area contributed by atoms with Crippen molar-refractivity contribution in [3.8, 4) is 0 Å². The molecule has 1 atom stereocenters. The fraction of sp³-hybridized carbons (Fsp3) is 0.714. The number of aliphatic hydroxyl groups is 1. The van der Waals surface area contributed by atoms with E-state index in [0.29, 0.717) is 12.8 Å². The minimum atomic E-state index is -0.978. The second kappa shape index (κ2) is 45.9. The van der Waals surface area contributed by atoms with Crippen molar-refractivity contribution in [3.05, 3.63) is 71.8 Å². The Kier molecular flexibility index (Phi) is 49.5. The van der Waals surface area contributed by atoms with E-state index in [2.05, 4.69) is 79.9 Å². The van der Waals surface area contributed by atoms with Crippen molar-refractivity contribution in [1.82, 2.24) is 0 Å². The Bertz CT molecular complexity index is 904. The number of rotatable bonds is 31. The molecule has 0 bridgehead atoms. The van der Waals surface area contributed by atoms with E-state index >= 15 is 0 Å². The smallest absolute Gasteiger partial charge is 0.305 e. The maximum atomic E-state index is 11.9. The van der Waals surface area contributed by atoms with E-state index in [1.807, 2.05) is 0 Å². The molecule has 2 N–H and O–H groups in total. The summed E-state index contributed by atoms with van der Waals surface area (Å²) >= 11 is 0. The van der Waals surface area contributed by atoms with E-state index in [1.54, 1.807) is 0 Å². The summed E-state index contributed by atoms with van der Waals surface area (Å²) in [7, 11) is 0. The van der Waals surface area contributed by atoms with Crippen molar-refractivity contribution in [2.24, 2.45) is 0 Å². The molecular weight excluding hydrogens is 790 g/mol. The monoisotopic (exact) mass is 862 g/mol. The molecule has 0 aliphatic carbocycles. The Morgan fingerprint density at radius 3 is 1.33 bits per heavy atom. The molecule has 1 fully saturated rings. The predicted octanol–water partition coefficient (Wildman–Crippen LogP) is 11.6. The summed E-state index contributed by atoms with van der Waals surface area (Å²) in [6.45, 7) is 5.67. The van der Waals surface area contributed by atoms with Crippen molar-refractivity contribution in [2.45, 2.75) is 167 Å². The van der Waals surface area contributed by atoms with Gasteiger partial charge in [0, 0.05) is 78.3 Å². The molecule has 1 rings (SSSR count). The molecule has 1 aliphatic rings. The molecule has 1 unspecified atom stereocenters. The number of nitrogens with zero attached hydrogens (tertiary/aromatic N) is 1. The topological polar surface area (TPSA) is 111 Å². The molecule has 9 heteroatoms. The molecule has 288 valence electrons. The molecule has 0 amide bonds. The third-order valence-corrected chi connectivity index (χ3v) is 7.94. The number of hydrogen-bond acceptors (Lipinski definition) is 5. The average Bonchev–Trinajstić information content (AvgIpc) is 3.09. The van der Waals surface area contributed by atoms with Gasteiger partial charge in [-0.2, -0.15) is 19.1 Å². The largest absolute Gasteiger partial charge is 0.677 e. The van der Waals surface area contributed by atoms with E-state index in [-0.39, 0.29) is 96.6 Å². The Morgan fingerprint density at radius 1 is 0.608 bits per heavy atom. The third-order valence-electron chi connectivity index (χ3n) is 7.94. The third kappa shape index (κ3) is 45.8. The molecule has 0 aromatic heterocycles. The average molecular weight is 863 g/mol. The first-order valence-electron chi connectivity index (χ1n) is 19.6. The Hall–Kier alpha value is -0.272. The van der Waals surface area contributed by atoms with Crippen LogP contribution in [0.15, 0.2) is 60.8 Å². The van der Waals surface area contributed by atoms with Crippen LogP contribution in [0, 0.1) is 0 Å². The molecule has 0 aromatic rings. The van der Waals surface area contributed by atoms with Crippen LogP contribution in [0.25, 0.3) is 11.1 Å². The number of carbonyl (C=O) groups excluding carboxylic acids is 2. The van der Waals surface area contributed by atoms with Crippen molar-refractivity contribution < 1.29 is 89.6 Å². The number of esters is 2. The normalized spacial score (nSPS) is 13.6. The van der Waals surface area contributed by atoms with Gasteiger partial charge >= 0.3 is 11.9 Å². The van der Waals surface area contributed by atoms with Gasteiger partial charge in [-0.3, -0.25) is 9.59 Å². The number of nitrogens with one attached hydrogen (secondary N) is 1. The Balaban J connectivity index is -0.00000300. The minimum absolute atomic E-state index is 0. The summed E-state index contributed by atoms with van der Waals surface area (Å²) in [5, 5.41) is 13.8. The number of ether oxygens (including phenoxy) is 2. The number of hydrogen-bond donors (Lipinski definition) is 1. The van der Waals surface area contributed by atoms with Crippen LogP contribution in [0.4, 0.5) is 0 Å². The maximum Gasteiger partial charge on any atom is 0.305 e. The van der Waals surface area contributed by atoms with E-state index in [0.717, 1.165) is 96.6 Å². The summed E-state index contributed by atoms with van der Waals surface area (Å²) in [6.07, 6.45) is 44.1. The Labute approximate surface area is 363 Å². The fourth-order valence-electron chi connectivity index (χ4n) is 4.80. The van der Waals surface area contributed by atoms with E-state index in [9.17, 15) is 14.7 Å². The standard InChI is InChI=1S/C39H66O5.C3H6N2.2Y/c1-3-5-7-9-11-13-15-17-19-21-23-25-27-29-31-33-38(41)43-35-37(40)36-44-39(42)34-32-30-28-26-24-22-20-18-16-14-12-10-8-6-4-2;4-3-1-5-2-3;;/h5,7,11-14,17-20,37,40H,3-4,6,8-10,15-16,21-36H2,1-2H3;3-4H,1-2H2;;/q;-2;;/b7-5-,13-11-,14-12-,19-17-,20-18-;;;. The zero-order chi connectivity index (χ0) is 35.9. The molecule has 0 aromatic carbocycles. The Morgan fingerprint density at radius 2 is 0.961 bits per heavy atom. The van der Waals surface area contributed by atoms with E-state index in [1.165, 1.54) is 44.9 Å². The molecule has 1 aliphatic heterocycles. The predicted molar refractivity (Wildman–Crippen MR) is 208 cm³/mol. The van der Waals surface area contributed by atoms with E-state index in [4.69, 9.17) is 15.2 Å². The van der Waals surface area contributed by atoms with Crippen molar-refractivity contribution in [3.63, 3.8) is 0 Å². The second-order valence-electron chi connectivity index (χ2n) is 12.9. The molecular formula is C42H72N2O5Y2-2. The molecule has 51 heavy (non-hydrogen) atoms. The maximum absolute atomic E-state index is 11.9. The van der Waals surface area contributed by atoms with Gasteiger partial charge in [0.1, 0.15) is 19.3 Å². The molecule has 1 saturated heterocycles. The van der Waals surface area contributed by atoms with Crippen LogP contribution in [0.5, 0.6) is 0 Å². The van der Waals surface area contributed by atoms with Gasteiger partial charge in [0.25, 0.3) is 0 Å². The van der Waals surface area contributed by atoms with Crippen LogP contribution in [0.2, 0.25) is 0 Å². The van der Waals surface area contributed by atoms with Crippen LogP contribution in [0.3, 0.4) is 0 Å². The number of carbonyl (C=O) groups is 2. The minimum Gasteiger partial charge on any atom is -0.677 e. The van der Waals surface area contributed by atoms with Gasteiger partial charge in [0.2, 0.25) is 0 Å². The van der Waals surface area contributed by atoms with Gasteiger partial charge < -0.3 is 25.6 Å². The second-order valence-corrected chi connectivity index (χ2v) is 12.9. The van der Waals surface area contributed by atoms with Gasteiger partial charge in [-0.05, 0) is 77.0 Å². The molecule has 1 heterocycles. The SMILES string of the molecule is CC/C=C\C/C=C\C/C=C\CCCCCCCC(=O)OCC(O)COC(=O)CCCCCCC/C=C\C/C=C\CCCCC.[NH-]C1C[N-]C1.[Y].[Y]. The van der Waals surface area contributed by atoms with Crippen LogP contribution in [0.1, 0.15) is 155 Å². The fourth-order valence-corrected chi connectivity index (χ4v) is 4.80. The number of unbranched alkanes of at least 4 members (excludes halogenated alkanes) is 13. The van der Waals surface area contributed by atoms with Crippen molar-refractivity contribution in [2.75, 3.05) is 26.3 Å². The van der Waals surface area contributed by atoms with Gasteiger partial charge in [-0.25, -0.2) is 0 Å². The zero-order valence-corrected chi connectivity index (χ0v) is 38.2. The first kappa shape index (κ1) is 55.1. The molecule has 2 radical (unpaired) electrons. The quantitative estimate of drug-likeness (QED) is 0.0424. The van der Waals surface area contributed by atoms with Crippen LogP contribution < -0.4 is 0 Å². The van der Waals surface area contributed by atoms with Gasteiger partial charge in [-0.15, -0.1) is 0 Å². The summed E-state index contributed by atoms with van der Waals surface area (Å²) in [5.74, 6) is -0.606. The first-order chi connectivity index (χ1) is 24.0. The van der Waals surface area contributed by atoms with E-state index < -0.39 is 6.10 Å². The number of allylic oxidation sites excluding steroid dienone is 10. The van der Waals surface area contributed by atoms with Crippen molar-refractivity contribution >= 4 is 11.9 Å². The van der Waals surface area contributed by atoms with Gasteiger partial charge in [0.15, 0.2) is 0 Å². The van der Waals surface area contributed by atoms with Gasteiger partial charge in [0.05, 0.1) is 0 Å². The van der Waals surface area contributed by atoms with Gasteiger partial charge in [-0.1, -0.05) is 126 Å². The number of aliphatic hydroxyl groups excluding tert-OH is 1. The summed E-state index contributed by atoms with van der Waals surface area (Å²) in [5.41, 5.74) is 6.82. The summed E-state index contributed by atoms with van der Waals surface area (Å²) in [6, 6.07) is 0.148. The van der Waals surface area contributed by atoms with Crippen molar-refractivity contribution in [1.29, 1.82) is 0 Å². The molecule has 7 nitrogen and oxygen atoms in total. The van der Waals surface area contributed by atoms with Crippen LogP contribution >= 0.6 is 0 Å². The first-order valence-corrected chi connectivity index (χ1v) is 19.6. The molecule has 0 saturated carbocycles. The molecule has 0 spiro atoms. The van der Waals surface area contributed by atoms with Crippen LogP contribution in [-0.2, 0) is 84.5 Å².